The van der Waals surface area contributed by atoms with Gasteiger partial charge in [-0.2, -0.15) is 0 Å². The third-order valence-corrected chi connectivity index (χ3v) is 6.06. The second-order valence-electron chi connectivity index (χ2n) is 8.72. The van der Waals surface area contributed by atoms with Crippen molar-refractivity contribution in [1.29, 1.82) is 0 Å². The molecule has 0 atom stereocenters. The monoisotopic (exact) mass is 372 g/mol. The van der Waals surface area contributed by atoms with E-state index in [0.717, 1.165) is 52.2 Å². The van der Waals surface area contributed by atoms with E-state index in [9.17, 15) is 4.79 Å². The van der Waals surface area contributed by atoms with Crippen LogP contribution in [-0.2, 0) is 11.3 Å². The van der Waals surface area contributed by atoms with Crippen LogP contribution in [0, 0.1) is 11.8 Å². The van der Waals surface area contributed by atoms with Crippen LogP contribution in [0.1, 0.15) is 45.6 Å². The molecule has 0 aliphatic carbocycles. The maximum Gasteiger partial charge on any atom is 0.222 e. The van der Waals surface area contributed by atoms with Gasteiger partial charge in [0, 0.05) is 51.0 Å². The van der Waals surface area contributed by atoms with Crippen molar-refractivity contribution in [3.05, 3.63) is 30.1 Å². The van der Waals surface area contributed by atoms with Crippen LogP contribution < -0.4 is 0 Å². The molecule has 2 aliphatic rings. The van der Waals surface area contributed by atoms with Crippen LogP contribution in [0.3, 0.4) is 0 Å². The van der Waals surface area contributed by atoms with Crippen molar-refractivity contribution in [3.8, 4) is 0 Å². The van der Waals surface area contributed by atoms with Crippen molar-refractivity contribution >= 4 is 5.91 Å². The molecule has 5 heteroatoms. The molecule has 2 fully saturated rings. The molecule has 3 heterocycles. The third kappa shape index (κ3) is 5.76. The first-order valence-corrected chi connectivity index (χ1v) is 10.7. The maximum atomic E-state index is 12.7. The SMILES string of the molecule is CCN1CCC(CC(=O)N2CC(N(Cc3cccnc3)CC(C)C)C2)CC1. The number of likely N-dealkylation sites (tertiary alicyclic amines) is 2. The van der Waals surface area contributed by atoms with Gasteiger partial charge in [-0.25, -0.2) is 0 Å². The molecule has 0 unspecified atom stereocenters. The molecule has 1 aromatic heterocycles. The number of amides is 1. The quantitative estimate of drug-likeness (QED) is 0.703. The molecule has 0 radical (unpaired) electrons. The summed E-state index contributed by atoms with van der Waals surface area (Å²) in [6.07, 6.45) is 6.88. The van der Waals surface area contributed by atoms with Gasteiger partial charge in [0.05, 0.1) is 0 Å². The molecule has 2 saturated heterocycles. The van der Waals surface area contributed by atoms with Gasteiger partial charge < -0.3 is 9.80 Å². The van der Waals surface area contributed by atoms with Gasteiger partial charge in [0.1, 0.15) is 0 Å². The number of aromatic nitrogens is 1. The molecule has 0 spiro atoms. The zero-order chi connectivity index (χ0) is 19.2. The molecule has 0 N–H and O–H groups in total. The van der Waals surface area contributed by atoms with Crippen LogP contribution in [0.2, 0.25) is 0 Å². The number of hydrogen-bond acceptors (Lipinski definition) is 4. The Hall–Kier alpha value is -1.46. The van der Waals surface area contributed by atoms with Gasteiger partial charge in [0.15, 0.2) is 0 Å². The number of nitrogens with zero attached hydrogens (tertiary/aromatic N) is 4. The molecule has 1 amide bonds. The second kappa shape index (κ2) is 9.65. The lowest BCUT2D eigenvalue weighted by atomic mass is 9.92. The smallest absolute Gasteiger partial charge is 0.222 e. The van der Waals surface area contributed by atoms with Crippen LogP contribution in [-0.4, -0.2) is 70.9 Å². The fourth-order valence-corrected chi connectivity index (χ4v) is 4.31. The summed E-state index contributed by atoms with van der Waals surface area (Å²) in [4.78, 5) is 24.0. The molecule has 150 valence electrons. The predicted molar refractivity (Wildman–Crippen MR) is 109 cm³/mol. The van der Waals surface area contributed by atoms with E-state index in [1.54, 1.807) is 0 Å². The number of carbonyl (C=O) groups excluding carboxylic acids is 1. The van der Waals surface area contributed by atoms with Gasteiger partial charge in [0.25, 0.3) is 0 Å². The molecule has 0 aromatic carbocycles. The molecule has 3 rings (SSSR count). The van der Waals surface area contributed by atoms with Crippen LogP contribution in [0.25, 0.3) is 0 Å². The number of pyridine rings is 1. The first-order chi connectivity index (χ1) is 13.0. The minimum Gasteiger partial charge on any atom is -0.339 e. The van der Waals surface area contributed by atoms with Gasteiger partial charge in [-0.3, -0.25) is 14.7 Å². The lowest BCUT2D eigenvalue weighted by Gasteiger charge is -2.46. The molecule has 0 bridgehead atoms. The fourth-order valence-electron chi connectivity index (χ4n) is 4.31. The fraction of sp³-hybridized carbons (Fsp3) is 0.727. The number of carbonyl (C=O) groups is 1. The minimum atomic E-state index is 0.368. The van der Waals surface area contributed by atoms with Crippen LogP contribution in [0.5, 0.6) is 0 Å². The highest BCUT2D eigenvalue weighted by atomic mass is 16.2. The Labute approximate surface area is 164 Å². The first-order valence-electron chi connectivity index (χ1n) is 10.7. The largest absolute Gasteiger partial charge is 0.339 e. The topological polar surface area (TPSA) is 39.7 Å². The second-order valence-corrected chi connectivity index (χ2v) is 8.72. The van der Waals surface area contributed by atoms with E-state index < -0.39 is 0 Å². The van der Waals surface area contributed by atoms with Crippen molar-refractivity contribution in [2.45, 2.75) is 52.6 Å². The molecule has 27 heavy (non-hydrogen) atoms. The molecule has 5 nitrogen and oxygen atoms in total. The molecular weight excluding hydrogens is 336 g/mol. The van der Waals surface area contributed by atoms with Crippen LogP contribution >= 0.6 is 0 Å². The highest BCUT2D eigenvalue weighted by Crippen LogP contribution is 2.25. The van der Waals surface area contributed by atoms with E-state index in [-0.39, 0.29) is 0 Å². The zero-order valence-corrected chi connectivity index (χ0v) is 17.3. The summed E-state index contributed by atoms with van der Waals surface area (Å²) in [6, 6.07) is 4.63. The maximum absolute atomic E-state index is 12.7. The lowest BCUT2D eigenvalue weighted by molar-refractivity contribution is -0.140. The van der Waals surface area contributed by atoms with Crippen molar-refractivity contribution in [2.24, 2.45) is 11.8 Å². The summed E-state index contributed by atoms with van der Waals surface area (Å²) in [6.45, 7) is 14.0. The molecule has 1 aromatic rings. The van der Waals surface area contributed by atoms with Crippen LogP contribution in [0.4, 0.5) is 0 Å². The predicted octanol–water partition coefficient (Wildman–Crippen LogP) is 2.87. The standard InChI is InChI=1S/C22H36N4O/c1-4-24-10-7-19(8-11-24)12-22(27)26-16-21(17-26)25(14-18(2)3)15-20-6-5-9-23-13-20/h5-6,9,13,18-19,21H,4,7-8,10-12,14-17H2,1-3H3. The van der Waals surface area contributed by atoms with E-state index in [0.29, 0.717) is 23.8 Å². The summed E-state index contributed by atoms with van der Waals surface area (Å²) in [5, 5.41) is 0. The Morgan fingerprint density at radius 1 is 1.30 bits per heavy atom. The van der Waals surface area contributed by atoms with E-state index in [1.807, 2.05) is 18.5 Å². The Morgan fingerprint density at radius 3 is 2.63 bits per heavy atom. The minimum absolute atomic E-state index is 0.368. The molecular formula is C22H36N4O. The highest BCUT2D eigenvalue weighted by molar-refractivity contribution is 5.77. The van der Waals surface area contributed by atoms with Gasteiger partial charge in [0.2, 0.25) is 5.91 Å². The first kappa shape index (κ1) is 20.3. The normalized spacial score (nSPS) is 19.7. The number of rotatable bonds is 8. The third-order valence-electron chi connectivity index (χ3n) is 6.06. The van der Waals surface area contributed by atoms with Crippen LogP contribution in [0.15, 0.2) is 24.5 Å². The van der Waals surface area contributed by atoms with E-state index in [4.69, 9.17) is 0 Å². The molecule has 0 saturated carbocycles. The summed E-state index contributed by atoms with van der Waals surface area (Å²) in [5.74, 6) is 1.57. The van der Waals surface area contributed by atoms with E-state index in [2.05, 4.69) is 46.5 Å². The number of hydrogen-bond donors (Lipinski definition) is 0. The van der Waals surface area contributed by atoms with E-state index >= 15 is 0 Å². The van der Waals surface area contributed by atoms with E-state index in [1.165, 1.54) is 18.4 Å². The summed E-state index contributed by atoms with van der Waals surface area (Å²) < 4.78 is 0. The van der Waals surface area contributed by atoms with Crippen molar-refractivity contribution in [1.82, 2.24) is 19.7 Å². The van der Waals surface area contributed by atoms with Crippen molar-refractivity contribution < 1.29 is 4.79 Å². The Morgan fingerprint density at radius 2 is 2.04 bits per heavy atom. The Kier molecular flexibility index (Phi) is 7.25. The highest BCUT2D eigenvalue weighted by Gasteiger charge is 2.35. The number of piperidine rings is 1. The summed E-state index contributed by atoms with van der Waals surface area (Å²) >= 11 is 0. The average Bonchev–Trinajstić information content (AvgIpc) is 2.61. The lowest BCUT2D eigenvalue weighted by Crippen LogP contribution is -2.61. The van der Waals surface area contributed by atoms with Crippen molar-refractivity contribution in [2.75, 3.05) is 39.3 Å². The van der Waals surface area contributed by atoms with Gasteiger partial charge in [-0.15, -0.1) is 0 Å². The average molecular weight is 373 g/mol. The Bertz CT molecular complexity index is 577. The summed E-state index contributed by atoms with van der Waals surface area (Å²) in [7, 11) is 0. The van der Waals surface area contributed by atoms with Gasteiger partial charge in [-0.05, 0) is 55.9 Å². The van der Waals surface area contributed by atoms with Gasteiger partial charge >= 0.3 is 0 Å². The Balaban J connectivity index is 1.46. The summed E-state index contributed by atoms with van der Waals surface area (Å²) in [5.41, 5.74) is 1.26. The van der Waals surface area contributed by atoms with Crippen molar-refractivity contribution in [3.63, 3.8) is 0 Å². The van der Waals surface area contributed by atoms with Gasteiger partial charge in [-0.1, -0.05) is 26.8 Å². The zero-order valence-electron chi connectivity index (χ0n) is 17.3. The molecule has 2 aliphatic heterocycles.